The van der Waals surface area contributed by atoms with Crippen LogP contribution in [0.1, 0.15) is 19.4 Å². The van der Waals surface area contributed by atoms with E-state index in [4.69, 9.17) is 0 Å². The van der Waals surface area contributed by atoms with E-state index in [1.54, 1.807) is 12.1 Å². The van der Waals surface area contributed by atoms with Crippen LogP contribution in [0.25, 0.3) is 10.8 Å². The SMILES string of the molecule is CC(=O)NC(C)(I)c1ccc2cc(O)ccc2c1. The molecule has 4 heteroatoms. The van der Waals surface area contributed by atoms with Crippen LogP contribution >= 0.6 is 22.6 Å². The lowest BCUT2D eigenvalue weighted by molar-refractivity contribution is -0.119. The second kappa shape index (κ2) is 4.76. The molecule has 0 spiro atoms. The van der Waals surface area contributed by atoms with Gasteiger partial charge in [-0.1, -0.05) is 18.2 Å². The lowest BCUT2D eigenvalue weighted by Crippen LogP contribution is -2.36. The van der Waals surface area contributed by atoms with Gasteiger partial charge >= 0.3 is 0 Å². The van der Waals surface area contributed by atoms with Gasteiger partial charge in [0, 0.05) is 6.92 Å². The molecule has 2 aromatic rings. The summed E-state index contributed by atoms with van der Waals surface area (Å²) in [5, 5.41) is 14.4. The van der Waals surface area contributed by atoms with E-state index in [0.717, 1.165) is 16.3 Å². The molecule has 0 aliphatic carbocycles. The van der Waals surface area contributed by atoms with Crippen molar-refractivity contribution in [1.29, 1.82) is 0 Å². The molecule has 1 atom stereocenters. The van der Waals surface area contributed by atoms with E-state index in [2.05, 4.69) is 27.9 Å². The Kier molecular flexibility index (Phi) is 3.47. The maximum atomic E-state index is 11.2. The zero-order chi connectivity index (χ0) is 13.3. The third-order valence-electron chi connectivity index (χ3n) is 2.78. The number of carbonyl (C=O) groups is 1. The Balaban J connectivity index is 2.47. The molecule has 0 radical (unpaired) electrons. The monoisotopic (exact) mass is 355 g/mol. The van der Waals surface area contributed by atoms with Gasteiger partial charge in [-0.3, -0.25) is 4.79 Å². The summed E-state index contributed by atoms with van der Waals surface area (Å²) in [5.41, 5.74) is 1.02. The predicted octanol–water partition coefficient (Wildman–Crippen LogP) is 3.29. The highest BCUT2D eigenvalue weighted by molar-refractivity contribution is 14.1. The second-order valence-electron chi connectivity index (χ2n) is 4.43. The fourth-order valence-electron chi connectivity index (χ4n) is 1.93. The Hall–Kier alpha value is -1.30. The van der Waals surface area contributed by atoms with Crippen LogP contribution < -0.4 is 5.32 Å². The Morgan fingerprint density at radius 3 is 2.50 bits per heavy atom. The number of aromatic hydroxyl groups is 1. The van der Waals surface area contributed by atoms with Crippen LogP contribution in [0.2, 0.25) is 0 Å². The number of hydrogen-bond donors (Lipinski definition) is 2. The van der Waals surface area contributed by atoms with Crippen molar-refractivity contribution in [3.63, 3.8) is 0 Å². The van der Waals surface area contributed by atoms with Crippen LogP contribution in [0.4, 0.5) is 0 Å². The van der Waals surface area contributed by atoms with Gasteiger partial charge in [-0.05, 0) is 64.0 Å². The first-order chi connectivity index (χ1) is 8.38. The number of phenols is 1. The van der Waals surface area contributed by atoms with E-state index in [0.29, 0.717) is 0 Å². The summed E-state index contributed by atoms with van der Waals surface area (Å²) in [6.45, 7) is 3.46. The van der Waals surface area contributed by atoms with Crippen molar-refractivity contribution < 1.29 is 9.90 Å². The molecule has 2 N–H and O–H groups in total. The summed E-state index contributed by atoms with van der Waals surface area (Å²) in [7, 11) is 0. The van der Waals surface area contributed by atoms with Crippen molar-refractivity contribution in [2.45, 2.75) is 17.4 Å². The third kappa shape index (κ3) is 2.75. The highest BCUT2D eigenvalue weighted by atomic mass is 127. The lowest BCUT2D eigenvalue weighted by atomic mass is 10.0. The van der Waals surface area contributed by atoms with E-state index < -0.39 is 3.55 Å². The third-order valence-corrected chi connectivity index (χ3v) is 3.67. The Morgan fingerprint density at radius 1 is 1.22 bits per heavy atom. The number of hydrogen-bond acceptors (Lipinski definition) is 2. The van der Waals surface area contributed by atoms with Gasteiger partial charge in [0.05, 0.1) is 0 Å². The molecule has 0 heterocycles. The van der Waals surface area contributed by atoms with Crippen molar-refractivity contribution in [3.05, 3.63) is 42.0 Å². The van der Waals surface area contributed by atoms with Gasteiger partial charge in [-0.2, -0.15) is 0 Å². The number of fused-ring (bicyclic) bond motifs is 1. The minimum atomic E-state index is -0.435. The normalized spacial score (nSPS) is 14.2. The molecular weight excluding hydrogens is 341 g/mol. The Bertz CT molecular complexity index is 608. The van der Waals surface area contributed by atoms with E-state index in [1.165, 1.54) is 6.92 Å². The molecule has 18 heavy (non-hydrogen) atoms. The fraction of sp³-hybridized carbons (Fsp3) is 0.214. The molecule has 94 valence electrons. The van der Waals surface area contributed by atoms with Crippen molar-refractivity contribution in [3.8, 4) is 5.75 Å². The topological polar surface area (TPSA) is 49.3 Å². The number of phenolic OH excluding ortho intramolecular Hbond substituents is 1. The quantitative estimate of drug-likeness (QED) is 0.494. The van der Waals surface area contributed by atoms with E-state index >= 15 is 0 Å². The van der Waals surface area contributed by atoms with Crippen LogP contribution in [0.15, 0.2) is 36.4 Å². The molecule has 0 aliphatic rings. The second-order valence-corrected chi connectivity index (χ2v) is 6.59. The van der Waals surface area contributed by atoms with Crippen LogP contribution in [-0.2, 0) is 8.34 Å². The maximum Gasteiger partial charge on any atom is 0.218 e. The zero-order valence-electron chi connectivity index (χ0n) is 10.2. The summed E-state index contributed by atoms with van der Waals surface area (Å²) in [5.74, 6) is 0.201. The molecule has 0 aromatic heterocycles. The molecule has 0 fully saturated rings. The number of benzene rings is 2. The average Bonchev–Trinajstić information content (AvgIpc) is 2.26. The number of nitrogens with one attached hydrogen (secondary N) is 1. The molecule has 2 rings (SSSR count). The smallest absolute Gasteiger partial charge is 0.218 e. The van der Waals surface area contributed by atoms with E-state index in [1.807, 2.05) is 31.2 Å². The number of alkyl halides is 1. The van der Waals surface area contributed by atoms with Gasteiger partial charge < -0.3 is 10.4 Å². The van der Waals surface area contributed by atoms with Crippen molar-refractivity contribution in [1.82, 2.24) is 5.32 Å². The highest BCUT2D eigenvalue weighted by Gasteiger charge is 2.23. The highest BCUT2D eigenvalue weighted by Crippen LogP contribution is 2.31. The Labute approximate surface area is 119 Å². The summed E-state index contributed by atoms with van der Waals surface area (Å²) in [4.78, 5) is 11.2. The molecular formula is C14H14INO2. The first-order valence-corrected chi connectivity index (χ1v) is 6.67. The standard InChI is InChI=1S/C14H14INO2/c1-9(17)16-14(2,15)12-5-3-11-8-13(18)6-4-10(11)7-12/h3-8,18H,1-2H3,(H,16,17). The van der Waals surface area contributed by atoms with Crippen LogP contribution in [-0.4, -0.2) is 11.0 Å². The zero-order valence-corrected chi connectivity index (χ0v) is 12.4. The minimum absolute atomic E-state index is 0.0577. The lowest BCUT2D eigenvalue weighted by Gasteiger charge is -2.24. The number of carbonyl (C=O) groups excluding carboxylic acids is 1. The summed E-state index contributed by atoms with van der Waals surface area (Å²) < 4.78 is -0.435. The average molecular weight is 355 g/mol. The predicted molar refractivity (Wildman–Crippen MR) is 80.8 cm³/mol. The van der Waals surface area contributed by atoms with Gasteiger partial charge in [0.15, 0.2) is 0 Å². The minimum Gasteiger partial charge on any atom is -0.508 e. The van der Waals surface area contributed by atoms with Crippen LogP contribution in [0.5, 0.6) is 5.75 Å². The number of halogens is 1. The molecule has 0 bridgehead atoms. The van der Waals surface area contributed by atoms with E-state index in [9.17, 15) is 9.90 Å². The maximum absolute atomic E-state index is 11.2. The van der Waals surface area contributed by atoms with Gasteiger partial charge in [-0.15, -0.1) is 0 Å². The van der Waals surface area contributed by atoms with Gasteiger partial charge in [0.1, 0.15) is 9.30 Å². The molecule has 1 unspecified atom stereocenters. The van der Waals surface area contributed by atoms with Gasteiger partial charge in [0.25, 0.3) is 0 Å². The van der Waals surface area contributed by atoms with Gasteiger partial charge in [0.2, 0.25) is 5.91 Å². The van der Waals surface area contributed by atoms with E-state index in [-0.39, 0.29) is 11.7 Å². The largest absolute Gasteiger partial charge is 0.508 e. The van der Waals surface area contributed by atoms with Crippen molar-refractivity contribution in [2.75, 3.05) is 0 Å². The first kappa shape index (κ1) is 13.1. The van der Waals surface area contributed by atoms with Crippen molar-refractivity contribution in [2.24, 2.45) is 0 Å². The first-order valence-electron chi connectivity index (χ1n) is 5.59. The number of rotatable bonds is 2. The van der Waals surface area contributed by atoms with Crippen LogP contribution in [0, 0.1) is 0 Å². The summed E-state index contributed by atoms with van der Waals surface area (Å²) >= 11 is 2.21. The molecule has 3 nitrogen and oxygen atoms in total. The Morgan fingerprint density at radius 2 is 1.83 bits per heavy atom. The van der Waals surface area contributed by atoms with Crippen LogP contribution in [0.3, 0.4) is 0 Å². The summed E-state index contributed by atoms with van der Waals surface area (Å²) in [6, 6.07) is 11.2. The van der Waals surface area contributed by atoms with Crippen molar-refractivity contribution >= 4 is 39.3 Å². The molecule has 0 saturated carbocycles. The summed E-state index contributed by atoms with van der Waals surface area (Å²) in [6.07, 6.45) is 0. The molecule has 2 aromatic carbocycles. The molecule has 1 amide bonds. The fourth-order valence-corrected chi connectivity index (χ4v) is 2.64. The molecule has 0 aliphatic heterocycles. The van der Waals surface area contributed by atoms with Gasteiger partial charge in [-0.25, -0.2) is 0 Å². The number of amides is 1. The molecule has 0 saturated heterocycles.